The normalized spacial score (nSPS) is 11.7. The summed E-state index contributed by atoms with van der Waals surface area (Å²) in [7, 11) is -3.95. The molecule has 0 heterocycles. The Balaban J connectivity index is 2.66. The largest absolute Gasteiger partial charge is 0.394 e. The summed E-state index contributed by atoms with van der Waals surface area (Å²) in [5.74, 6) is -0.983. The zero-order chi connectivity index (χ0) is 13.6. The minimum Gasteiger partial charge on any atom is -0.394 e. The summed E-state index contributed by atoms with van der Waals surface area (Å²) in [6, 6.07) is 3.74. The van der Waals surface area contributed by atoms with Gasteiger partial charge in [0.15, 0.2) is 5.82 Å². The molecule has 18 heavy (non-hydrogen) atoms. The van der Waals surface area contributed by atoms with Crippen molar-refractivity contribution in [2.75, 3.05) is 26.4 Å². The van der Waals surface area contributed by atoms with Crippen molar-refractivity contribution >= 4 is 21.6 Å². The summed E-state index contributed by atoms with van der Waals surface area (Å²) in [4.78, 5) is -0.503. The minimum absolute atomic E-state index is 0.0196. The first-order chi connectivity index (χ1) is 8.49. The zero-order valence-corrected chi connectivity index (χ0v) is 11.0. The van der Waals surface area contributed by atoms with Crippen molar-refractivity contribution in [1.29, 1.82) is 0 Å². The summed E-state index contributed by atoms with van der Waals surface area (Å²) in [6.45, 7) is 0.0409. The molecule has 8 heteroatoms. The van der Waals surface area contributed by atoms with Crippen LogP contribution in [0.2, 0.25) is 5.02 Å². The highest BCUT2D eigenvalue weighted by molar-refractivity contribution is 7.89. The second-order valence-electron chi connectivity index (χ2n) is 3.29. The molecule has 0 amide bonds. The predicted molar refractivity (Wildman–Crippen MR) is 64.5 cm³/mol. The molecule has 0 aliphatic carbocycles. The number of benzene rings is 1. The van der Waals surface area contributed by atoms with E-state index in [1.165, 1.54) is 12.1 Å². The standard InChI is InChI=1S/C10H13ClFNO4S/c11-8-2-1-3-9(10(8)12)18(15,16)13-4-6-17-7-5-14/h1-3,13-14H,4-7H2. The van der Waals surface area contributed by atoms with E-state index in [0.29, 0.717) is 0 Å². The van der Waals surface area contributed by atoms with Crippen molar-refractivity contribution in [1.82, 2.24) is 4.72 Å². The van der Waals surface area contributed by atoms with Gasteiger partial charge in [-0.25, -0.2) is 17.5 Å². The van der Waals surface area contributed by atoms with Gasteiger partial charge in [-0.1, -0.05) is 17.7 Å². The van der Waals surface area contributed by atoms with Gasteiger partial charge in [-0.15, -0.1) is 0 Å². The molecule has 1 aromatic rings. The number of nitrogens with one attached hydrogen (secondary N) is 1. The molecule has 0 unspecified atom stereocenters. The van der Waals surface area contributed by atoms with Crippen molar-refractivity contribution in [2.24, 2.45) is 0 Å². The van der Waals surface area contributed by atoms with Crippen LogP contribution in [0, 0.1) is 5.82 Å². The maximum Gasteiger partial charge on any atom is 0.243 e. The highest BCUT2D eigenvalue weighted by atomic mass is 35.5. The number of aliphatic hydroxyl groups excluding tert-OH is 1. The van der Waals surface area contributed by atoms with E-state index in [-0.39, 0.29) is 31.4 Å². The van der Waals surface area contributed by atoms with Gasteiger partial charge in [0, 0.05) is 6.54 Å². The summed E-state index contributed by atoms with van der Waals surface area (Å²) >= 11 is 5.50. The van der Waals surface area contributed by atoms with Crippen molar-refractivity contribution in [2.45, 2.75) is 4.90 Å². The molecule has 1 aromatic carbocycles. The van der Waals surface area contributed by atoms with E-state index >= 15 is 0 Å². The monoisotopic (exact) mass is 297 g/mol. The molecule has 0 aromatic heterocycles. The minimum atomic E-state index is -3.95. The third kappa shape index (κ3) is 4.18. The fraction of sp³-hybridized carbons (Fsp3) is 0.400. The molecule has 102 valence electrons. The third-order valence-corrected chi connectivity index (χ3v) is 3.75. The molecule has 0 saturated heterocycles. The van der Waals surface area contributed by atoms with Crippen LogP contribution in [0.15, 0.2) is 23.1 Å². The Morgan fingerprint density at radius 2 is 2.11 bits per heavy atom. The van der Waals surface area contributed by atoms with E-state index in [1.807, 2.05) is 0 Å². The van der Waals surface area contributed by atoms with Gasteiger partial charge in [0.2, 0.25) is 10.0 Å². The summed E-state index contributed by atoms with van der Waals surface area (Å²) in [5, 5.41) is 8.19. The van der Waals surface area contributed by atoms with Crippen LogP contribution in [0.25, 0.3) is 0 Å². The number of hydrogen-bond donors (Lipinski definition) is 2. The number of aliphatic hydroxyl groups is 1. The maximum absolute atomic E-state index is 13.5. The number of halogens is 2. The summed E-state index contributed by atoms with van der Waals surface area (Å²) in [5.41, 5.74) is 0. The molecule has 1 rings (SSSR count). The molecule has 0 aliphatic rings. The number of ether oxygens (including phenoxy) is 1. The van der Waals surface area contributed by atoms with Crippen LogP contribution in [0.1, 0.15) is 0 Å². The first-order valence-electron chi connectivity index (χ1n) is 5.11. The van der Waals surface area contributed by atoms with Gasteiger partial charge in [-0.05, 0) is 12.1 Å². The van der Waals surface area contributed by atoms with E-state index in [9.17, 15) is 12.8 Å². The van der Waals surface area contributed by atoms with Crippen LogP contribution in [-0.2, 0) is 14.8 Å². The highest BCUT2D eigenvalue weighted by Crippen LogP contribution is 2.21. The van der Waals surface area contributed by atoms with Crippen molar-refractivity contribution < 1.29 is 22.7 Å². The van der Waals surface area contributed by atoms with Gasteiger partial charge >= 0.3 is 0 Å². The average Bonchev–Trinajstić information content (AvgIpc) is 2.32. The first kappa shape index (κ1) is 15.3. The van der Waals surface area contributed by atoms with E-state index in [4.69, 9.17) is 21.4 Å². The quantitative estimate of drug-likeness (QED) is 0.729. The summed E-state index contributed by atoms with van der Waals surface area (Å²) in [6.07, 6.45) is 0. The van der Waals surface area contributed by atoms with Gasteiger partial charge in [0.1, 0.15) is 4.90 Å². The lowest BCUT2D eigenvalue weighted by atomic mass is 10.3. The highest BCUT2D eigenvalue weighted by Gasteiger charge is 2.19. The molecule has 0 spiro atoms. The Hall–Kier alpha value is -0.730. The van der Waals surface area contributed by atoms with Crippen LogP contribution in [0.3, 0.4) is 0 Å². The molecule has 0 saturated carbocycles. The van der Waals surface area contributed by atoms with Gasteiger partial charge < -0.3 is 9.84 Å². The Kier molecular flexibility index (Phi) is 5.97. The molecule has 5 nitrogen and oxygen atoms in total. The molecular weight excluding hydrogens is 285 g/mol. The second-order valence-corrected chi connectivity index (χ2v) is 5.43. The lowest BCUT2D eigenvalue weighted by Crippen LogP contribution is -2.28. The Bertz CT molecular complexity index is 495. The van der Waals surface area contributed by atoms with Crippen LogP contribution in [0.4, 0.5) is 4.39 Å². The van der Waals surface area contributed by atoms with Gasteiger partial charge in [0.25, 0.3) is 0 Å². The van der Waals surface area contributed by atoms with Crippen LogP contribution >= 0.6 is 11.6 Å². The van der Waals surface area contributed by atoms with Gasteiger partial charge in [-0.2, -0.15) is 0 Å². The maximum atomic E-state index is 13.5. The summed E-state index contributed by atoms with van der Waals surface area (Å²) < 4.78 is 44.0. The second kappa shape index (κ2) is 7.01. The molecule has 0 fully saturated rings. The smallest absolute Gasteiger partial charge is 0.243 e. The van der Waals surface area contributed by atoms with E-state index in [0.717, 1.165) is 6.07 Å². The van der Waals surface area contributed by atoms with Crippen LogP contribution in [0.5, 0.6) is 0 Å². The molecular formula is C10H13ClFNO4S. The lowest BCUT2D eigenvalue weighted by Gasteiger charge is -2.08. The van der Waals surface area contributed by atoms with E-state index < -0.39 is 20.7 Å². The van der Waals surface area contributed by atoms with E-state index in [2.05, 4.69) is 4.72 Å². The number of rotatable bonds is 7. The fourth-order valence-electron chi connectivity index (χ4n) is 1.18. The molecule has 2 N–H and O–H groups in total. The lowest BCUT2D eigenvalue weighted by molar-refractivity contribution is 0.0961. The number of sulfonamides is 1. The average molecular weight is 298 g/mol. The molecule has 0 bridgehead atoms. The number of hydrogen-bond acceptors (Lipinski definition) is 4. The molecule has 0 atom stereocenters. The third-order valence-electron chi connectivity index (χ3n) is 1.98. The first-order valence-corrected chi connectivity index (χ1v) is 6.97. The van der Waals surface area contributed by atoms with Crippen molar-refractivity contribution in [3.05, 3.63) is 29.0 Å². The Morgan fingerprint density at radius 1 is 1.39 bits per heavy atom. The zero-order valence-electron chi connectivity index (χ0n) is 9.40. The van der Waals surface area contributed by atoms with Crippen molar-refractivity contribution in [3.8, 4) is 0 Å². The fourth-order valence-corrected chi connectivity index (χ4v) is 2.53. The molecule has 0 radical (unpaired) electrons. The Labute approximate surface area is 110 Å². The molecule has 0 aliphatic heterocycles. The van der Waals surface area contributed by atoms with Crippen molar-refractivity contribution in [3.63, 3.8) is 0 Å². The SMILES string of the molecule is O=S(=O)(NCCOCCO)c1cccc(Cl)c1F. The van der Waals surface area contributed by atoms with Gasteiger partial charge in [0.05, 0.1) is 24.8 Å². The van der Waals surface area contributed by atoms with Gasteiger partial charge in [-0.3, -0.25) is 0 Å². The Morgan fingerprint density at radius 3 is 2.78 bits per heavy atom. The topological polar surface area (TPSA) is 75.6 Å². The van der Waals surface area contributed by atoms with E-state index in [1.54, 1.807) is 0 Å². The van der Waals surface area contributed by atoms with Crippen LogP contribution in [-0.4, -0.2) is 39.9 Å². The van der Waals surface area contributed by atoms with Crippen LogP contribution < -0.4 is 4.72 Å². The predicted octanol–water partition coefficient (Wildman–Crippen LogP) is 0.766.